The Balaban J connectivity index is 2.23. The summed E-state index contributed by atoms with van der Waals surface area (Å²) in [5.74, 6) is 5.71. The van der Waals surface area contributed by atoms with Crippen LogP contribution in [0.4, 0.5) is 0 Å². The highest BCUT2D eigenvalue weighted by Crippen LogP contribution is 2.35. The van der Waals surface area contributed by atoms with E-state index in [0.717, 1.165) is 20.8 Å². The van der Waals surface area contributed by atoms with Gasteiger partial charge in [0.15, 0.2) is 0 Å². The zero-order valence-electron chi connectivity index (χ0n) is 11.9. The summed E-state index contributed by atoms with van der Waals surface area (Å²) >= 11 is 1.56. The maximum atomic E-state index is 12.6. The van der Waals surface area contributed by atoms with Crippen LogP contribution in [0.2, 0.25) is 0 Å². The lowest BCUT2D eigenvalue weighted by atomic mass is 10.1. The van der Waals surface area contributed by atoms with Gasteiger partial charge in [0.25, 0.3) is 5.56 Å². The molecule has 0 aliphatic heterocycles. The number of aromatic nitrogens is 2. The molecular formula is C17H14N2OS. The standard InChI is InChI=1S/C17H14N2OS/c1-3-4-10-19-11-18-16-14(17(19)20)12(2)15(21-16)13-8-6-5-7-9-13/h5-9,11H,10H2,1-2H3. The second-order valence-electron chi connectivity index (χ2n) is 4.71. The normalized spacial score (nSPS) is 10.4. The van der Waals surface area contributed by atoms with E-state index < -0.39 is 0 Å². The van der Waals surface area contributed by atoms with Gasteiger partial charge in [-0.2, -0.15) is 0 Å². The van der Waals surface area contributed by atoms with E-state index in [1.54, 1.807) is 29.2 Å². The van der Waals surface area contributed by atoms with E-state index in [-0.39, 0.29) is 5.56 Å². The van der Waals surface area contributed by atoms with Crippen LogP contribution in [0.15, 0.2) is 41.5 Å². The van der Waals surface area contributed by atoms with Crippen molar-refractivity contribution in [1.82, 2.24) is 9.55 Å². The van der Waals surface area contributed by atoms with Crippen LogP contribution >= 0.6 is 11.3 Å². The summed E-state index contributed by atoms with van der Waals surface area (Å²) in [6.07, 6.45) is 1.58. The SMILES string of the molecule is CC#CCn1cnc2sc(-c3ccccc3)c(C)c2c1=O. The molecular weight excluding hydrogens is 280 g/mol. The predicted molar refractivity (Wildman–Crippen MR) is 87.5 cm³/mol. The quantitative estimate of drug-likeness (QED) is 0.678. The first-order chi connectivity index (χ1) is 10.2. The van der Waals surface area contributed by atoms with Crippen LogP contribution in [0.3, 0.4) is 0 Å². The zero-order valence-corrected chi connectivity index (χ0v) is 12.7. The van der Waals surface area contributed by atoms with Crippen LogP contribution in [0.1, 0.15) is 12.5 Å². The first-order valence-corrected chi connectivity index (χ1v) is 7.47. The van der Waals surface area contributed by atoms with Gasteiger partial charge in [0.05, 0.1) is 18.3 Å². The molecule has 0 aliphatic rings. The molecule has 104 valence electrons. The van der Waals surface area contributed by atoms with E-state index >= 15 is 0 Å². The average molecular weight is 294 g/mol. The van der Waals surface area contributed by atoms with E-state index in [9.17, 15) is 4.79 Å². The van der Waals surface area contributed by atoms with Crippen molar-refractivity contribution in [2.45, 2.75) is 20.4 Å². The Morgan fingerprint density at radius 2 is 2.05 bits per heavy atom. The molecule has 2 heterocycles. The molecule has 1 aromatic carbocycles. The lowest BCUT2D eigenvalue weighted by Crippen LogP contribution is -2.19. The Morgan fingerprint density at radius 3 is 2.76 bits per heavy atom. The Bertz CT molecular complexity index is 911. The molecule has 0 amide bonds. The zero-order chi connectivity index (χ0) is 14.8. The van der Waals surface area contributed by atoms with E-state index in [0.29, 0.717) is 11.9 Å². The van der Waals surface area contributed by atoms with Crippen molar-refractivity contribution in [3.05, 3.63) is 52.6 Å². The third-order valence-corrected chi connectivity index (χ3v) is 4.63. The number of nitrogens with zero attached hydrogens (tertiary/aromatic N) is 2. The molecule has 0 unspecified atom stereocenters. The first-order valence-electron chi connectivity index (χ1n) is 6.66. The van der Waals surface area contributed by atoms with Crippen molar-refractivity contribution in [2.75, 3.05) is 0 Å². The highest BCUT2D eigenvalue weighted by atomic mass is 32.1. The maximum Gasteiger partial charge on any atom is 0.263 e. The highest BCUT2D eigenvalue weighted by molar-refractivity contribution is 7.22. The fourth-order valence-electron chi connectivity index (χ4n) is 2.30. The summed E-state index contributed by atoms with van der Waals surface area (Å²) in [6.45, 7) is 4.13. The number of rotatable bonds is 2. The van der Waals surface area contributed by atoms with Gasteiger partial charge in [-0.1, -0.05) is 36.3 Å². The second-order valence-corrected chi connectivity index (χ2v) is 5.71. The van der Waals surface area contributed by atoms with Gasteiger partial charge in [0, 0.05) is 4.88 Å². The summed E-state index contributed by atoms with van der Waals surface area (Å²) in [5.41, 5.74) is 2.11. The van der Waals surface area contributed by atoms with Crippen molar-refractivity contribution in [2.24, 2.45) is 0 Å². The highest BCUT2D eigenvalue weighted by Gasteiger charge is 2.15. The van der Waals surface area contributed by atoms with Crippen LogP contribution in [-0.4, -0.2) is 9.55 Å². The summed E-state index contributed by atoms with van der Waals surface area (Å²) in [7, 11) is 0. The fraction of sp³-hybridized carbons (Fsp3) is 0.176. The van der Waals surface area contributed by atoms with Crippen LogP contribution in [0.5, 0.6) is 0 Å². The molecule has 0 fully saturated rings. The molecule has 0 N–H and O–H groups in total. The molecule has 0 atom stereocenters. The topological polar surface area (TPSA) is 34.9 Å². The van der Waals surface area contributed by atoms with Crippen molar-refractivity contribution in [3.8, 4) is 22.3 Å². The molecule has 0 bridgehead atoms. The maximum absolute atomic E-state index is 12.6. The molecule has 4 heteroatoms. The van der Waals surface area contributed by atoms with Crippen molar-refractivity contribution in [3.63, 3.8) is 0 Å². The van der Waals surface area contributed by atoms with Gasteiger partial charge in [0.1, 0.15) is 4.83 Å². The predicted octanol–water partition coefficient (Wildman–Crippen LogP) is 3.46. The number of fused-ring (bicyclic) bond motifs is 1. The molecule has 3 aromatic rings. The summed E-state index contributed by atoms with van der Waals surface area (Å²) in [5, 5.41) is 0.708. The van der Waals surface area contributed by atoms with Gasteiger partial charge in [-0.25, -0.2) is 4.98 Å². The number of thiophene rings is 1. The average Bonchev–Trinajstić information content (AvgIpc) is 2.85. The Kier molecular flexibility index (Phi) is 3.59. The molecule has 0 spiro atoms. The molecule has 0 radical (unpaired) electrons. The van der Waals surface area contributed by atoms with Gasteiger partial charge >= 0.3 is 0 Å². The fourth-order valence-corrected chi connectivity index (χ4v) is 3.45. The van der Waals surface area contributed by atoms with Crippen molar-refractivity contribution >= 4 is 21.6 Å². The first kappa shape index (κ1) is 13.6. The largest absolute Gasteiger partial charge is 0.287 e. The van der Waals surface area contributed by atoms with E-state index in [2.05, 4.69) is 29.0 Å². The van der Waals surface area contributed by atoms with Gasteiger partial charge in [-0.05, 0) is 25.0 Å². The lowest BCUT2D eigenvalue weighted by Gasteiger charge is -2.00. The number of hydrogen-bond donors (Lipinski definition) is 0. The van der Waals surface area contributed by atoms with Crippen LogP contribution in [0, 0.1) is 18.8 Å². The third kappa shape index (κ3) is 2.37. The summed E-state index contributed by atoms with van der Waals surface area (Å²) in [6, 6.07) is 10.1. The molecule has 0 saturated heterocycles. The van der Waals surface area contributed by atoms with Crippen molar-refractivity contribution in [1.29, 1.82) is 0 Å². The van der Waals surface area contributed by atoms with Crippen LogP contribution in [0.25, 0.3) is 20.7 Å². The van der Waals surface area contributed by atoms with Gasteiger partial charge < -0.3 is 0 Å². The molecule has 3 rings (SSSR count). The smallest absolute Gasteiger partial charge is 0.263 e. The Morgan fingerprint density at radius 1 is 1.29 bits per heavy atom. The number of aryl methyl sites for hydroxylation is 1. The third-order valence-electron chi connectivity index (χ3n) is 3.38. The van der Waals surface area contributed by atoms with Gasteiger partial charge in [0.2, 0.25) is 0 Å². The van der Waals surface area contributed by atoms with Crippen molar-refractivity contribution < 1.29 is 0 Å². The molecule has 0 saturated carbocycles. The summed E-state index contributed by atoms with van der Waals surface area (Å²) in [4.78, 5) is 18.9. The van der Waals surface area contributed by atoms with Crippen LogP contribution in [-0.2, 0) is 6.54 Å². The molecule has 2 aromatic heterocycles. The van der Waals surface area contributed by atoms with E-state index in [1.165, 1.54) is 0 Å². The van der Waals surface area contributed by atoms with Gasteiger partial charge in [-0.15, -0.1) is 17.3 Å². The monoisotopic (exact) mass is 294 g/mol. The Labute approximate surface area is 126 Å². The van der Waals surface area contributed by atoms with E-state index in [4.69, 9.17) is 0 Å². The summed E-state index contributed by atoms with van der Waals surface area (Å²) < 4.78 is 1.56. The lowest BCUT2D eigenvalue weighted by molar-refractivity contribution is 0.783. The van der Waals surface area contributed by atoms with E-state index in [1.807, 2.05) is 25.1 Å². The van der Waals surface area contributed by atoms with Crippen LogP contribution < -0.4 is 5.56 Å². The number of hydrogen-bond acceptors (Lipinski definition) is 3. The number of benzene rings is 1. The minimum absolute atomic E-state index is 0.0151. The molecule has 3 nitrogen and oxygen atoms in total. The Hall–Kier alpha value is -2.38. The van der Waals surface area contributed by atoms with Gasteiger partial charge in [-0.3, -0.25) is 9.36 Å². The molecule has 21 heavy (non-hydrogen) atoms. The minimum atomic E-state index is -0.0151. The minimum Gasteiger partial charge on any atom is -0.287 e. The second kappa shape index (κ2) is 5.55. The molecule has 0 aliphatic carbocycles.